The zero-order valence-corrected chi connectivity index (χ0v) is 11.9. The van der Waals surface area contributed by atoms with E-state index in [2.05, 4.69) is 11.4 Å². The van der Waals surface area contributed by atoms with Gasteiger partial charge < -0.3 is 5.11 Å². The van der Waals surface area contributed by atoms with Gasteiger partial charge in [0.1, 0.15) is 6.23 Å². The largest absolute Gasteiger partial charge is 0.374 e. The molecule has 2 aliphatic heterocycles. The molecule has 2 N–H and O–H groups in total. The van der Waals surface area contributed by atoms with Crippen molar-refractivity contribution in [2.45, 2.75) is 36.6 Å². The Bertz CT molecular complexity index is 576. The fourth-order valence-electron chi connectivity index (χ4n) is 2.84. The molecule has 0 aromatic heterocycles. The third kappa shape index (κ3) is 2.24. The van der Waals surface area contributed by atoms with Crippen molar-refractivity contribution in [2.24, 2.45) is 0 Å². The molecule has 0 radical (unpaired) electrons. The molecule has 2 atom stereocenters. The molecule has 1 aromatic rings. The summed E-state index contributed by atoms with van der Waals surface area (Å²) in [4.78, 5) is 26.0. The van der Waals surface area contributed by atoms with Crippen LogP contribution in [0.25, 0.3) is 0 Å². The van der Waals surface area contributed by atoms with Crippen LogP contribution in [0.15, 0.2) is 23.1 Å². The average Bonchev–Trinajstić information content (AvgIpc) is 2.75. The predicted molar refractivity (Wildman–Crippen MR) is 74.9 cm³/mol. The van der Waals surface area contributed by atoms with Crippen LogP contribution in [-0.2, 0) is 16.1 Å². The average molecular weight is 292 g/mol. The van der Waals surface area contributed by atoms with Gasteiger partial charge in [-0.05, 0) is 35.9 Å². The van der Waals surface area contributed by atoms with Gasteiger partial charge in [-0.25, -0.2) is 0 Å². The fourth-order valence-corrected chi connectivity index (χ4v) is 3.30. The second-order valence-corrected chi connectivity index (χ2v) is 5.96. The Balaban J connectivity index is 1.84. The van der Waals surface area contributed by atoms with Crippen molar-refractivity contribution >= 4 is 23.6 Å². The van der Waals surface area contributed by atoms with Gasteiger partial charge in [-0.2, -0.15) is 0 Å². The maximum atomic E-state index is 11.9. The lowest BCUT2D eigenvalue weighted by Gasteiger charge is -2.31. The fraction of sp³-hybridized carbons (Fsp3) is 0.429. The van der Waals surface area contributed by atoms with E-state index in [-0.39, 0.29) is 11.8 Å². The number of piperidine rings is 1. The molecule has 1 saturated heterocycles. The van der Waals surface area contributed by atoms with Crippen molar-refractivity contribution in [3.63, 3.8) is 0 Å². The highest BCUT2D eigenvalue weighted by Crippen LogP contribution is 2.36. The number of benzene rings is 1. The zero-order chi connectivity index (χ0) is 14.3. The minimum atomic E-state index is -0.773. The third-order valence-corrected chi connectivity index (χ3v) is 4.63. The summed E-state index contributed by atoms with van der Waals surface area (Å²) in [7, 11) is 0. The molecule has 0 bridgehead atoms. The first-order valence-corrected chi connectivity index (χ1v) is 7.77. The second-order valence-electron chi connectivity index (χ2n) is 5.08. The summed E-state index contributed by atoms with van der Waals surface area (Å²) in [6.07, 6.45) is 2.02. The second kappa shape index (κ2) is 5.20. The molecule has 1 aromatic carbocycles. The van der Waals surface area contributed by atoms with Crippen LogP contribution < -0.4 is 5.32 Å². The lowest BCUT2D eigenvalue weighted by atomic mass is 10.0. The van der Waals surface area contributed by atoms with E-state index in [0.717, 1.165) is 16.0 Å². The van der Waals surface area contributed by atoms with E-state index in [1.165, 1.54) is 0 Å². The standard InChI is InChI=1S/C14H16N2O3S/c1-20-9-2-3-10-8(6-9)7-16(14(10)19)11-4-5-12(17)15-13(11)18/h2-3,6,11,14,19H,4-5,7H2,1H3,(H,15,17,18). The van der Waals surface area contributed by atoms with Gasteiger partial charge in [-0.3, -0.25) is 19.8 Å². The van der Waals surface area contributed by atoms with Crippen LogP contribution in [0, 0.1) is 0 Å². The van der Waals surface area contributed by atoms with Gasteiger partial charge in [0.2, 0.25) is 11.8 Å². The lowest BCUT2D eigenvalue weighted by Crippen LogP contribution is -2.51. The topological polar surface area (TPSA) is 69.6 Å². The van der Waals surface area contributed by atoms with Crippen molar-refractivity contribution in [1.82, 2.24) is 10.2 Å². The summed E-state index contributed by atoms with van der Waals surface area (Å²) >= 11 is 1.65. The summed E-state index contributed by atoms with van der Waals surface area (Å²) in [5.74, 6) is -0.541. The Morgan fingerprint density at radius 2 is 2.20 bits per heavy atom. The van der Waals surface area contributed by atoms with Crippen molar-refractivity contribution in [3.05, 3.63) is 29.3 Å². The Hall–Kier alpha value is -1.37. The quantitative estimate of drug-likeness (QED) is 0.629. The number of aliphatic hydroxyl groups is 1. The van der Waals surface area contributed by atoms with Gasteiger partial charge >= 0.3 is 0 Å². The number of amides is 2. The SMILES string of the molecule is CSc1ccc2c(c1)CN(C1CCC(=O)NC1=O)C2O. The summed E-state index contributed by atoms with van der Waals surface area (Å²) < 4.78 is 0. The van der Waals surface area contributed by atoms with E-state index in [0.29, 0.717) is 19.4 Å². The number of carbonyl (C=O) groups excluding carboxylic acids is 2. The highest BCUT2D eigenvalue weighted by atomic mass is 32.2. The Kier molecular flexibility index (Phi) is 3.54. The molecule has 5 nitrogen and oxygen atoms in total. The molecule has 2 unspecified atom stereocenters. The summed E-state index contributed by atoms with van der Waals surface area (Å²) in [6, 6.07) is 5.50. The minimum absolute atomic E-state index is 0.234. The summed E-state index contributed by atoms with van der Waals surface area (Å²) in [6.45, 7) is 0.539. The summed E-state index contributed by atoms with van der Waals surface area (Å²) in [5.41, 5.74) is 1.90. The number of fused-ring (bicyclic) bond motifs is 1. The molecule has 6 heteroatoms. The number of rotatable bonds is 2. The molecule has 2 aliphatic rings. The van der Waals surface area contributed by atoms with Crippen LogP contribution >= 0.6 is 11.8 Å². The molecule has 3 rings (SSSR count). The highest BCUT2D eigenvalue weighted by Gasteiger charge is 2.39. The number of thioether (sulfide) groups is 1. The number of nitrogens with one attached hydrogen (secondary N) is 1. The monoisotopic (exact) mass is 292 g/mol. The van der Waals surface area contributed by atoms with Crippen LogP contribution in [0.2, 0.25) is 0 Å². The van der Waals surface area contributed by atoms with E-state index in [1.54, 1.807) is 16.7 Å². The van der Waals surface area contributed by atoms with Crippen LogP contribution in [0.5, 0.6) is 0 Å². The highest BCUT2D eigenvalue weighted by molar-refractivity contribution is 7.98. The van der Waals surface area contributed by atoms with Gasteiger partial charge in [0.15, 0.2) is 0 Å². The number of hydrogen-bond donors (Lipinski definition) is 2. The number of hydrogen-bond acceptors (Lipinski definition) is 5. The minimum Gasteiger partial charge on any atom is -0.374 e. The van der Waals surface area contributed by atoms with E-state index in [9.17, 15) is 14.7 Å². The molecule has 106 valence electrons. The molecule has 20 heavy (non-hydrogen) atoms. The van der Waals surface area contributed by atoms with Gasteiger partial charge in [0.05, 0.1) is 6.04 Å². The maximum Gasteiger partial charge on any atom is 0.244 e. The normalized spacial score (nSPS) is 26.5. The molecule has 0 saturated carbocycles. The van der Waals surface area contributed by atoms with Crippen LogP contribution in [0.1, 0.15) is 30.2 Å². The first-order chi connectivity index (χ1) is 9.60. The van der Waals surface area contributed by atoms with Gasteiger partial charge in [0.25, 0.3) is 0 Å². The van der Waals surface area contributed by atoms with E-state index in [4.69, 9.17) is 0 Å². The van der Waals surface area contributed by atoms with Crippen molar-refractivity contribution in [3.8, 4) is 0 Å². The number of imide groups is 1. The van der Waals surface area contributed by atoms with Gasteiger partial charge in [0, 0.05) is 17.9 Å². The number of aliphatic hydroxyl groups excluding tert-OH is 1. The molecule has 2 heterocycles. The van der Waals surface area contributed by atoms with E-state index >= 15 is 0 Å². The lowest BCUT2D eigenvalue weighted by molar-refractivity contribution is -0.141. The third-order valence-electron chi connectivity index (χ3n) is 3.91. The molecule has 1 fully saturated rings. The number of nitrogens with zero attached hydrogens (tertiary/aromatic N) is 1. The van der Waals surface area contributed by atoms with E-state index in [1.807, 2.05) is 18.4 Å². The van der Waals surface area contributed by atoms with Crippen molar-refractivity contribution in [2.75, 3.05) is 6.26 Å². The van der Waals surface area contributed by atoms with Crippen LogP contribution in [0.4, 0.5) is 0 Å². The Morgan fingerprint density at radius 3 is 2.90 bits per heavy atom. The molecule has 0 aliphatic carbocycles. The molecular weight excluding hydrogens is 276 g/mol. The molecule has 0 spiro atoms. The van der Waals surface area contributed by atoms with Gasteiger partial charge in [-0.1, -0.05) is 6.07 Å². The number of carbonyl (C=O) groups is 2. The Morgan fingerprint density at radius 1 is 1.40 bits per heavy atom. The first kappa shape index (κ1) is 13.6. The van der Waals surface area contributed by atoms with Crippen LogP contribution in [-0.4, -0.2) is 34.1 Å². The maximum absolute atomic E-state index is 11.9. The van der Waals surface area contributed by atoms with Crippen molar-refractivity contribution in [1.29, 1.82) is 0 Å². The van der Waals surface area contributed by atoms with Crippen LogP contribution in [0.3, 0.4) is 0 Å². The first-order valence-electron chi connectivity index (χ1n) is 6.54. The van der Waals surface area contributed by atoms with E-state index < -0.39 is 12.3 Å². The molecular formula is C14H16N2O3S. The Labute approximate surface area is 121 Å². The van der Waals surface area contributed by atoms with Gasteiger partial charge in [-0.15, -0.1) is 11.8 Å². The van der Waals surface area contributed by atoms with Crippen molar-refractivity contribution < 1.29 is 14.7 Å². The summed E-state index contributed by atoms with van der Waals surface area (Å²) in [5, 5.41) is 12.7. The molecule has 2 amide bonds. The smallest absolute Gasteiger partial charge is 0.244 e. The predicted octanol–water partition coefficient (Wildman–Crippen LogP) is 1.02. The zero-order valence-electron chi connectivity index (χ0n) is 11.1.